The predicted molar refractivity (Wildman–Crippen MR) is 76.4 cm³/mol. The molecule has 0 aromatic heterocycles. The first-order valence-electron chi connectivity index (χ1n) is 7.54. The maximum Gasteiger partial charge on any atom is 0.124 e. The van der Waals surface area contributed by atoms with Crippen LogP contribution in [-0.2, 0) is 5.41 Å². The van der Waals surface area contributed by atoms with Crippen LogP contribution in [0.15, 0.2) is 24.3 Å². The van der Waals surface area contributed by atoms with Crippen molar-refractivity contribution in [3.63, 3.8) is 0 Å². The van der Waals surface area contributed by atoms with E-state index in [1.54, 1.807) is 0 Å². The van der Waals surface area contributed by atoms with Crippen molar-refractivity contribution >= 4 is 0 Å². The number of para-hydroxylation sites is 1. The lowest BCUT2D eigenvalue weighted by Gasteiger charge is -2.46. The Labute approximate surface area is 120 Å². The van der Waals surface area contributed by atoms with E-state index < -0.39 is 11.0 Å². The largest absolute Gasteiger partial charge is 0.493 e. The lowest BCUT2D eigenvalue weighted by Crippen LogP contribution is -2.55. The van der Waals surface area contributed by atoms with E-state index in [1.807, 2.05) is 24.3 Å². The third-order valence-electron chi connectivity index (χ3n) is 5.29. The van der Waals surface area contributed by atoms with Crippen LogP contribution in [0.4, 0.5) is 0 Å². The predicted octanol–water partition coefficient (Wildman–Crippen LogP) is 3.17. The summed E-state index contributed by atoms with van der Waals surface area (Å²) in [6, 6.07) is 10.2. The van der Waals surface area contributed by atoms with Crippen molar-refractivity contribution in [3.8, 4) is 11.8 Å². The molecule has 1 aliphatic carbocycles. The average molecular weight is 271 g/mol. The van der Waals surface area contributed by atoms with Crippen molar-refractivity contribution < 1.29 is 9.84 Å². The van der Waals surface area contributed by atoms with Gasteiger partial charge < -0.3 is 9.84 Å². The summed E-state index contributed by atoms with van der Waals surface area (Å²) in [5, 5.41) is 21.4. The summed E-state index contributed by atoms with van der Waals surface area (Å²) >= 11 is 0. The Hall–Kier alpha value is -1.53. The van der Waals surface area contributed by atoms with Gasteiger partial charge in [-0.05, 0) is 24.8 Å². The van der Waals surface area contributed by atoms with Gasteiger partial charge in [-0.25, -0.2) is 0 Å². The SMILES string of the molecule is CCC1CCCC1(O)C1(C#N)CCOc2ccccc21. The molecule has 1 aliphatic heterocycles. The van der Waals surface area contributed by atoms with Gasteiger partial charge in [0.05, 0.1) is 18.3 Å². The van der Waals surface area contributed by atoms with Crippen molar-refractivity contribution in [3.05, 3.63) is 29.8 Å². The third-order valence-corrected chi connectivity index (χ3v) is 5.29. The van der Waals surface area contributed by atoms with E-state index in [4.69, 9.17) is 4.74 Å². The summed E-state index contributed by atoms with van der Waals surface area (Å²) in [5.41, 5.74) is -0.869. The van der Waals surface area contributed by atoms with Crippen LogP contribution in [-0.4, -0.2) is 17.3 Å². The molecule has 1 N–H and O–H groups in total. The number of fused-ring (bicyclic) bond motifs is 1. The lowest BCUT2D eigenvalue weighted by molar-refractivity contribution is -0.0636. The van der Waals surface area contributed by atoms with E-state index in [1.165, 1.54) is 0 Å². The van der Waals surface area contributed by atoms with Crippen LogP contribution >= 0.6 is 0 Å². The molecule has 3 nitrogen and oxygen atoms in total. The fourth-order valence-electron chi connectivity index (χ4n) is 4.22. The molecule has 1 aromatic carbocycles. The summed E-state index contributed by atoms with van der Waals surface area (Å²) in [4.78, 5) is 0. The van der Waals surface area contributed by atoms with Crippen molar-refractivity contribution in [2.24, 2.45) is 5.92 Å². The van der Waals surface area contributed by atoms with E-state index >= 15 is 0 Å². The molecule has 0 radical (unpaired) electrons. The Balaban J connectivity index is 2.17. The van der Waals surface area contributed by atoms with Gasteiger partial charge in [-0.2, -0.15) is 5.26 Å². The van der Waals surface area contributed by atoms with Gasteiger partial charge in [-0.1, -0.05) is 38.0 Å². The molecule has 1 aromatic rings. The smallest absolute Gasteiger partial charge is 0.124 e. The number of benzene rings is 1. The molecule has 1 fully saturated rings. The lowest BCUT2D eigenvalue weighted by atomic mass is 9.61. The summed E-state index contributed by atoms with van der Waals surface area (Å²) < 4.78 is 5.69. The molecule has 3 atom stereocenters. The van der Waals surface area contributed by atoms with Crippen LogP contribution in [0.5, 0.6) is 5.75 Å². The molecule has 0 bridgehead atoms. The molecule has 106 valence electrons. The maximum atomic E-state index is 11.4. The first-order valence-corrected chi connectivity index (χ1v) is 7.54. The van der Waals surface area contributed by atoms with Gasteiger partial charge in [-0.3, -0.25) is 0 Å². The quantitative estimate of drug-likeness (QED) is 0.899. The van der Waals surface area contributed by atoms with Gasteiger partial charge in [-0.15, -0.1) is 0 Å². The molecule has 1 saturated carbocycles. The van der Waals surface area contributed by atoms with E-state index in [0.29, 0.717) is 19.4 Å². The number of aliphatic hydroxyl groups is 1. The molecule has 0 saturated heterocycles. The molecule has 3 heteroatoms. The highest BCUT2D eigenvalue weighted by atomic mass is 16.5. The Morgan fingerprint density at radius 2 is 2.20 bits per heavy atom. The summed E-state index contributed by atoms with van der Waals surface area (Å²) in [7, 11) is 0. The van der Waals surface area contributed by atoms with Crippen LogP contribution in [0.3, 0.4) is 0 Å². The van der Waals surface area contributed by atoms with Gasteiger partial charge in [0.1, 0.15) is 11.2 Å². The zero-order valence-corrected chi connectivity index (χ0v) is 11.9. The monoisotopic (exact) mass is 271 g/mol. The molecule has 1 heterocycles. The summed E-state index contributed by atoms with van der Waals surface area (Å²) in [5.74, 6) is 0.962. The number of hydrogen-bond donors (Lipinski definition) is 1. The minimum atomic E-state index is -0.920. The zero-order chi connectivity index (χ0) is 14.2. The molecule has 0 amide bonds. The Morgan fingerprint density at radius 1 is 1.40 bits per heavy atom. The number of nitriles is 1. The Bertz CT molecular complexity index is 550. The van der Waals surface area contributed by atoms with Crippen LogP contribution in [0.2, 0.25) is 0 Å². The average Bonchev–Trinajstić information content (AvgIpc) is 2.89. The van der Waals surface area contributed by atoms with Gasteiger partial charge in [0, 0.05) is 12.0 Å². The number of ether oxygens (including phenoxy) is 1. The van der Waals surface area contributed by atoms with Crippen LogP contribution in [0, 0.1) is 17.2 Å². The number of nitrogens with zero attached hydrogens (tertiary/aromatic N) is 1. The molecular formula is C17H21NO2. The third kappa shape index (κ3) is 1.61. The normalized spacial score (nSPS) is 36.0. The first-order chi connectivity index (χ1) is 9.68. The van der Waals surface area contributed by atoms with Crippen LogP contribution < -0.4 is 4.74 Å². The zero-order valence-electron chi connectivity index (χ0n) is 11.9. The topological polar surface area (TPSA) is 53.2 Å². The van der Waals surface area contributed by atoms with Gasteiger partial charge >= 0.3 is 0 Å². The van der Waals surface area contributed by atoms with E-state index in [9.17, 15) is 10.4 Å². The maximum absolute atomic E-state index is 11.4. The van der Waals surface area contributed by atoms with Crippen LogP contribution in [0.25, 0.3) is 0 Å². The van der Waals surface area contributed by atoms with Crippen molar-refractivity contribution in [1.82, 2.24) is 0 Å². The molecular weight excluding hydrogens is 250 g/mol. The Morgan fingerprint density at radius 3 is 2.95 bits per heavy atom. The second-order valence-electron chi connectivity index (χ2n) is 6.03. The van der Waals surface area contributed by atoms with E-state index in [2.05, 4.69) is 13.0 Å². The minimum Gasteiger partial charge on any atom is -0.493 e. The summed E-state index contributed by atoms with van der Waals surface area (Å²) in [6.07, 6.45) is 4.23. The van der Waals surface area contributed by atoms with Gasteiger partial charge in [0.15, 0.2) is 0 Å². The van der Waals surface area contributed by atoms with Crippen molar-refractivity contribution in [2.75, 3.05) is 6.61 Å². The highest BCUT2D eigenvalue weighted by Crippen LogP contribution is 2.54. The second kappa shape index (κ2) is 4.79. The van der Waals surface area contributed by atoms with Gasteiger partial charge in [0.2, 0.25) is 0 Å². The van der Waals surface area contributed by atoms with Gasteiger partial charge in [0.25, 0.3) is 0 Å². The van der Waals surface area contributed by atoms with Crippen molar-refractivity contribution in [1.29, 1.82) is 5.26 Å². The number of hydrogen-bond acceptors (Lipinski definition) is 3. The fourth-order valence-corrected chi connectivity index (χ4v) is 4.22. The van der Waals surface area contributed by atoms with E-state index in [0.717, 1.165) is 30.6 Å². The second-order valence-corrected chi connectivity index (χ2v) is 6.03. The molecule has 0 spiro atoms. The standard InChI is InChI=1S/C17H21NO2/c1-2-13-6-5-9-17(13,19)16(12-18)10-11-20-15-8-4-3-7-14(15)16/h3-4,7-8,13,19H,2,5-6,9-11H2,1H3. The van der Waals surface area contributed by atoms with Crippen LogP contribution in [0.1, 0.15) is 44.6 Å². The fraction of sp³-hybridized carbons (Fsp3) is 0.588. The first kappa shape index (κ1) is 13.5. The van der Waals surface area contributed by atoms with E-state index in [-0.39, 0.29) is 5.92 Å². The molecule has 3 unspecified atom stereocenters. The minimum absolute atomic E-state index is 0.202. The molecule has 20 heavy (non-hydrogen) atoms. The highest BCUT2D eigenvalue weighted by Gasteiger charge is 2.59. The molecule has 2 aliphatic rings. The number of rotatable bonds is 2. The molecule has 3 rings (SSSR count). The highest BCUT2D eigenvalue weighted by molar-refractivity contribution is 5.49. The van der Waals surface area contributed by atoms with Crippen molar-refractivity contribution in [2.45, 2.75) is 50.0 Å². The Kier molecular flexibility index (Phi) is 3.22. The summed E-state index contributed by atoms with van der Waals surface area (Å²) in [6.45, 7) is 2.61.